The molecule has 2 aromatic carbocycles. The summed E-state index contributed by atoms with van der Waals surface area (Å²) in [7, 11) is 0. The summed E-state index contributed by atoms with van der Waals surface area (Å²) >= 11 is 0. The first kappa shape index (κ1) is 22.2. The van der Waals surface area contributed by atoms with E-state index in [4.69, 9.17) is 4.74 Å². The van der Waals surface area contributed by atoms with Crippen molar-refractivity contribution in [2.45, 2.75) is 26.1 Å². The van der Waals surface area contributed by atoms with Crippen LogP contribution in [0.3, 0.4) is 0 Å². The summed E-state index contributed by atoms with van der Waals surface area (Å²) in [4.78, 5) is 28.6. The third-order valence-electron chi connectivity index (χ3n) is 6.63. The molecule has 1 saturated heterocycles. The van der Waals surface area contributed by atoms with E-state index in [2.05, 4.69) is 20.4 Å². The van der Waals surface area contributed by atoms with Crippen molar-refractivity contribution in [2.75, 3.05) is 32.7 Å². The van der Waals surface area contributed by atoms with Crippen LogP contribution in [0, 0.1) is 6.92 Å². The molecule has 0 bridgehead atoms. The largest absolute Gasteiger partial charge is 0.457 e. The van der Waals surface area contributed by atoms with E-state index in [0.717, 1.165) is 27.9 Å². The Morgan fingerprint density at radius 2 is 1.88 bits per heavy atom. The topological polar surface area (TPSA) is 114 Å². The third-order valence-corrected chi connectivity index (χ3v) is 6.63. The molecule has 0 spiro atoms. The number of cyclic esters (lactones) is 1. The minimum absolute atomic E-state index is 0.0921. The molecule has 2 aliphatic heterocycles. The highest BCUT2D eigenvalue weighted by Gasteiger charge is 2.27. The van der Waals surface area contributed by atoms with Crippen molar-refractivity contribution in [3.8, 4) is 5.69 Å². The first-order valence-corrected chi connectivity index (χ1v) is 11.3. The second kappa shape index (κ2) is 9.32. The Labute approximate surface area is 196 Å². The number of aliphatic hydroxyl groups excluding tert-OH is 1. The Kier molecular flexibility index (Phi) is 6.08. The van der Waals surface area contributed by atoms with Crippen LogP contribution in [0.15, 0.2) is 42.7 Å². The van der Waals surface area contributed by atoms with Gasteiger partial charge in [0, 0.05) is 38.3 Å². The van der Waals surface area contributed by atoms with Crippen LogP contribution in [-0.2, 0) is 22.6 Å². The van der Waals surface area contributed by atoms with Gasteiger partial charge >= 0.3 is 5.97 Å². The van der Waals surface area contributed by atoms with Crippen molar-refractivity contribution >= 4 is 11.9 Å². The van der Waals surface area contributed by atoms with Crippen molar-refractivity contribution in [3.63, 3.8) is 0 Å². The number of hydrogen-bond acceptors (Lipinski definition) is 8. The number of carbonyl (C=O) groups excluding carboxylic acids is 2. The molecule has 2 aliphatic rings. The number of carbonyl (C=O) groups is 2. The fraction of sp³-hybridized carbons (Fsp3) is 0.375. The molecule has 5 rings (SSSR count). The molecule has 1 N–H and O–H groups in total. The van der Waals surface area contributed by atoms with E-state index in [-0.39, 0.29) is 18.5 Å². The smallest absolute Gasteiger partial charge is 0.338 e. The Bertz CT molecular complexity index is 1190. The van der Waals surface area contributed by atoms with E-state index in [9.17, 15) is 14.7 Å². The predicted molar refractivity (Wildman–Crippen MR) is 121 cm³/mol. The average Bonchev–Trinajstić information content (AvgIpc) is 3.51. The lowest BCUT2D eigenvalue weighted by molar-refractivity contribution is -0.132. The van der Waals surface area contributed by atoms with Gasteiger partial charge in [0.05, 0.1) is 23.8 Å². The van der Waals surface area contributed by atoms with Crippen molar-refractivity contribution in [2.24, 2.45) is 0 Å². The molecule has 0 radical (unpaired) electrons. The highest BCUT2D eigenvalue weighted by atomic mass is 16.5. The Balaban J connectivity index is 1.13. The fourth-order valence-corrected chi connectivity index (χ4v) is 4.58. The summed E-state index contributed by atoms with van der Waals surface area (Å²) in [5.74, 6) is -0.210. The molecular weight excluding hydrogens is 436 g/mol. The molecule has 10 nitrogen and oxygen atoms in total. The van der Waals surface area contributed by atoms with Crippen molar-refractivity contribution in [1.29, 1.82) is 0 Å². The van der Waals surface area contributed by atoms with Gasteiger partial charge in [0.1, 0.15) is 12.9 Å². The molecule has 3 heterocycles. The van der Waals surface area contributed by atoms with Crippen LogP contribution in [0.1, 0.15) is 38.7 Å². The number of tetrazole rings is 1. The highest BCUT2D eigenvalue weighted by Crippen LogP contribution is 2.29. The van der Waals surface area contributed by atoms with Gasteiger partial charge in [-0.2, -0.15) is 0 Å². The van der Waals surface area contributed by atoms with Crippen LogP contribution in [0.4, 0.5) is 0 Å². The lowest BCUT2D eigenvalue weighted by atomic mass is 9.95. The number of nitrogens with zero attached hydrogens (tertiary/aromatic N) is 6. The normalized spacial score (nSPS) is 16.9. The zero-order valence-electron chi connectivity index (χ0n) is 18.9. The molecule has 34 heavy (non-hydrogen) atoms. The number of rotatable bonds is 6. The van der Waals surface area contributed by atoms with E-state index in [1.165, 1.54) is 6.33 Å². The maximum atomic E-state index is 12.8. The monoisotopic (exact) mass is 462 g/mol. The Hall–Kier alpha value is -3.63. The van der Waals surface area contributed by atoms with Gasteiger partial charge in [0.25, 0.3) is 0 Å². The zero-order valence-corrected chi connectivity index (χ0v) is 18.9. The summed E-state index contributed by atoms with van der Waals surface area (Å²) in [6, 6.07) is 11.2. The van der Waals surface area contributed by atoms with E-state index < -0.39 is 6.10 Å². The fourth-order valence-electron chi connectivity index (χ4n) is 4.58. The van der Waals surface area contributed by atoms with Gasteiger partial charge in [-0.25, -0.2) is 9.48 Å². The molecule has 0 aliphatic carbocycles. The van der Waals surface area contributed by atoms with Gasteiger partial charge < -0.3 is 14.7 Å². The van der Waals surface area contributed by atoms with Crippen molar-refractivity contribution in [3.05, 3.63) is 70.5 Å². The standard InChI is InChI=1S/C24H26N6O4/c1-16-19(6-7-20-21(16)14-34-24(20)33)22(31)13-28-8-10-29(11-9-28)23(32)12-17-2-4-18(5-3-17)30-15-25-26-27-30/h2-7,15,22,31H,8-14H2,1H3. The van der Waals surface area contributed by atoms with Gasteiger partial charge in [0.2, 0.25) is 5.91 Å². The van der Waals surface area contributed by atoms with Gasteiger partial charge in [-0.05, 0) is 52.2 Å². The minimum atomic E-state index is -0.665. The SMILES string of the molecule is Cc1c(C(O)CN2CCN(C(=O)Cc3ccc(-n4cnnn4)cc3)CC2)ccc2c1COC2=O. The number of piperazine rings is 1. The second-order valence-electron chi connectivity index (χ2n) is 8.68. The number of aliphatic hydroxyl groups is 1. The number of benzene rings is 2. The number of hydrogen-bond donors (Lipinski definition) is 1. The second-order valence-corrected chi connectivity index (χ2v) is 8.68. The Morgan fingerprint density at radius 1 is 1.12 bits per heavy atom. The number of ether oxygens (including phenoxy) is 1. The molecule has 10 heteroatoms. The number of fused-ring (bicyclic) bond motifs is 1. The zero-order chi connectivity index (χ0) is 23.7. The molecular formula is C24H26N6O4. The van der Waals surface area contributed by atoms with E-state index >= 15 is 0 Å². The predicted octanol–water partition coefficient (Wildman–Crippen LogP) is 1.06. The summed E-state index contributed by atoms with van der Waals surface area (Å²) in [6.45, 7) is 5.32. The number of aromatic nitrogens is 4. The van der Waals surface area contributed by atoms with E-state index in [1.807, 2.05) is 42.2 Å². The minimum Gasteiger partial charge on any atom is -0.457 e. The van der Waals surface area contributed by atoms with Crippen molar-refractivity contribution in [1.82, 2.24) is 30.0 Å². The first-order valence-electron chi connectivity index (χ1n) is 11.3. The maximum absolute atomic E-state index is 12.8. The molecule has 0 saturated carbocycles. The van der Waals surface area contributed by atoms with Crippen LogP contribution in [0.25, 0.3) is 5.69 Å². The molecule has 1 amide bonds. The van der Waals surface area contributed by atoms with Crippen molar-refractivity contribution < 1.29 is 19.4 Å². The average molecular weight is 463 g/mol. The summed E-state index contributed by atoms with van der Waals surface area (Å²) in [6.07, 6.45) is 1.20. The van der Waals surface area contributed by atoms with Crippen LogP contribution in [0.2, 0.25) is 0 Å². The molecule has 1 fully saturated rings. The summed E-state index contributed by atoms with van der Waals surface area (Å²) in [5.41, 5.74) is 4.96. The maximum Gasteiger partial charge on any atom is 0.338 e. The third kappa shape index (κ3) is 4.42. The van der Waals surface area contributed by atoms with Crippen LogP contribution in [-0.4, -0.2) is 79.7 Å². The van der Waals surface area contributed by atoms with Gasteiger partial charge in [0.15, 0.2) is 0 Å². The quantitative estimate of drug-likeness (QED) is 0.541. The van der Waals surface area contributed by atoms with Crippen LogP contribution < -0.4 is 0 Å². The van der Waals surface area contributed by atoms with Gasteiger partial charge in [-0.1, -0.05) is 18.2 Å². The van der Waals surface area contributed by atoms with Crippen LogP contribution in [0.5, 0.6) is 0 Å². The molecule has 176 valence electrons. The van der Waals surface area contributed by atoms with Crippen LogP contribution >= 0.6 is 0 Å². The summed E-state index contributed by atoms with van der Waals surface area (Å²) in [5, 5.41) is 22.0. The van der Waals surface area contributed by atoms with E-state index in [0.29, 0.717) is 44.7 Å². The molecule has 1 aromatic heterocycles. The lowest BCUT2D eigenvalue weighted by Gasteiger charge is -2.36. The highest BCUT2D eigenvalue weighted by molar-refractivity contribution is 5.94. The molecule has 3 aromatic rings. The van der Waals surface area contributed by atoms with Gasteiger partial charge in [-0.3, -0.25) is 9.69 Å². The Morgan fingerprint density at radius 3 is 2.59 bits per heavy atom. The number of esters is 1. The summed E-state index contributed by atoms with van der Waals surface area (Å²) < 4.78 is 6.68. The number of amides is 1. The first-order chi connectivity index (χ1) is 16.5. The van der Waals surface area contributed by atoms with Gasteiger partial charge in [-0.15, -0.1) is 5.10 Å². The number of β-amino-alcohol motifs (C(OH)–C–C–N with tert-alkyl or cyclic N) is 1. The molecule has 1 unspecified atom stereocenters. The molecule has 1 atom stereocenters. The van der Waals surface area contributed by atoms with E-state index in [1.54, 1.807) is 10.7 Å². The lowest BCUT2D eigenvalue weighted by Crippen LogP contribution is -2.50.